The van der Waals surface area contributed by atoms with E-state index in [1.165, 1.54) is 60.0 Å². The molecular weight excluding hydrogens is 625 g/mol. The van der Waals surface area contributed by atoms with Crippen molar-refractivity contribution in [3.8, 4) is 28.0 Å². The number of ether oxygens (including phenoxy) is 1. The van der Waals surface area contributed by atoms with Crippen LogP contribution in [-0.2, 0) is 0 Å². The minimum Gasteiger partial charge on any atom is -0.497 e. The molecule has 0 fully saturated rings. The summed E-state index contributed by atoms with van der Waals surface area (Å²) in [5.74, 6) is 0.839. The normalized spacial score (nSPS) is 12.1. The minimum absolute atomic E-state index is 0.839. The summed E-state index contributed by atoms with van der Waals surface area (Å²) in [6.07, 6.45) is 0. The molecule has 2 aromatic heterocycles. The first-order valence-corrected chi connectivity index (χ1v) is 17.3. The lowest BCUT2D eigenvalue weighted by Crippen LogP contribution is -1.89. The SMILES string of the molecule is COc1ccc(-c2cc3cc4c(cc(-c5ccc(C)cc5)c5cc6c(cc54)oc4ccccc46)cc3c3cc4oc5ccccc5c4cc23)cc1. The van der Waals surface area contributed by atoms with Crippen molar-refractivity contribution in [3.63, 3.8) is 0 Å². The van der Waals surface area contributed by atoms with Crippen molar-refractivity contribution in [3.05, 3.63) is 151 Å². The smallest absolute Gasteiger partial charge is 0.136 e. The predicted molar refractivity (Wildman–Crippen MR) is 213 cm³/mol. The lowest BCUT2D eigenvalue weighted by atomic mass is 9.88. The van der Waals surface area contributed by atoms with Gasteiger partial charge in [0, 0.05) is 21.5 Å². The Morgan fingerprint density at radius 2 is 0.843 bits per heavy atom. The molecule has 0 radical (unpaired) electrons. The molecule has 0 unspecified atom stereocenters. The second kappa shape index (κ2) is 10.5. The van der Waals surface area contributed by atoms with Crippen LogP contribution in [0.3, 0.4) is 0 Å². The summed E-state index contributed by atoms with van der Waals surface area (Å²) in [6, 6.07) is 52.5. The van der Waals surface area contributed by atoms with Crippen LogP contribution in [0, 0.1) is 6.92 Å². The molecule has 3 nitrogen and oxygen atoms in total. The highest BCUT2D eigenvalue weighted by Crippen LogP contribution is 2.45. The summed E-state index contributed by atoms with van der Waals surface area (Å²) in [7, 11) is 1.71. The second-order valence-electron chi connectivity index (χ2n) is 13.7. The van der Waals surface area contributed by atoms with Crippen LogP contribution in [0.15, 0.2) is 154 Å². The van der Waals surface area contributed by atoms with Crippen molar-refractivity contribution >= 4 is 87.0 Å². The van der Waals surface area contributed by atoms with Gasteiger partial charge in [0.05, 0.1) is 7.11 Å². The molecule has 0 spiro atoms. The van der Waals surface area contributed by atoms with E-state index in [1.807, 2.05) is 30.3 Å². The number of hydrogen-bond donors (Lipinski definition) is 0. The Hall–Kier alpha value is -6.58. The molecular formula is C48H30O3. The molecule has 0 aliphatic rings. The van der Waals surface area contributed by atoms with Gasteiger partial charge in [-0.15, -0.1) is 0 Å². The van der Waals surface area contributed by atoms with E-state index in [4.69, 9.17) is 13.6 Å². The average Bonchev–Trinajstić information content (AvgIpc) is 3.73. The Morgan fingerprint density at radius 3 is 1.33 bits per heavy atom. The van der Waals surface area contributed by atoms with Gasteiger partial charge in [-0.05, 0) is 145 Å². The average molecular weight is 655 g/mol. The van der Waals surface area contributed by atoms with Crippen LogP contribution in [0.5, 0.6) is 5.75 Å². The van der Waals surface area contributed by atoms with E-state index in [9.17, 15) is 0 Å². The molecule has 0 aliphatic carbocycles. The fourth-order valence-corrected chi connectivity index (χ4v) is 8.22. The highest BCUT2D eigenvalue weighted by atomic mass is 16.5. The maximum absolute atomic E-state index is 6.46. The van der Waals surface area contributed by atoms with Gasteiger partial charge in [-0.3, -0.25) is 0 Å². The summed E-state index contributed by atoms with van der Waals surface area (Å²) < 4.78 is 18.4. The number of fused-ring (bicyclic) bond motifs is 12. The molecule has 0 bridgehead atoms. The molecule has 9 aromatic carbocycles. The molecule has 0 N–H and O–H groups in total. The van der Waals surface area contributed by atoms with Crippen LogP contribution >= 0.6 is 0 Å². The zero-order valence-corrected chi connectivity index (χ0v) is 28.1. The number of para-hydroxylation sites is 2. The van der Waals surface area contributed by atoms with Crippen molar-refractivity contribution in [1.82, 2.24) is 0 Å². The number of methoxy groups -OCH3 is 1. The van der Waals surface area contributed by atoms with Gasteiger partial charge < -0.3 is 13.6 Å². The maximum atomic E-state index is 6.46. The van der Waals surface area contributed by atoms with Gasteiger partial charge in [0.1, 0.15) is 28.1 Å². The maximum Gasteiger partial charge on any atom is 0.136 e. The summed E-state index contributed by atoms with van der Waals surface area (Å²) in [5.41, 5.74) is 9.56. The number of furan rings is 2. The quantitative estimate of drug-likeness (QED) is 0.140. The molecule has 0 atom stereocenters. The Balaban J connectivity index is 1.29. The van der Waals surface area contributed by atoms with Crippen molar-refractivity contribution in [2.24, 2.45) is 0 Å². The predicted octanol–water partition coefficient (Wildman–Crippen LogP) is 13.7. The first-order chi connectivity index (χ1) is 25.1. The number of hydrogen-bond acceptors (Lipinski definition) is 3. The van der Waals surface area contributed by atoms with Crippen LogP contribution in [-0.4, -0.2) is 7.11 Å². The lowest BCUT2D eigenvalue weighted by Gasteiger charge is -2.16. The van der Waals surface area contributed by atoms with Gasteiger partial charge in [-0.2, -0.15) is 0 Å². The minimum atomic E-state index is 0.839. The molecule has 51 heavy (non-hydrogen) atoms. The largest absolute Gasteiger partial charge is 0.497 e. The topological polar surface area (TPSA) is 35.5 Å². The molecule has 2 heterocycles. The summed E-state index contributed by atoms with van der Waals surface area (Å²) in [4.78, 5) is 0. The molecule has 11 aromatic rings. The van der Waals surface area contributed by atoms with Crippen LogP contribution in [0.25, 0.3) is 109 Å². The van der Waals surface area contributed by atoms with Crippen molar-refractivity contribution in [1.29, 1.82) is 0 Å². The summed E-state index contributed by atoms with van der Waals surface area (Å²) in [5, 5.41) is 14.0. The monoisotopic (exact) mass is 654 g/mol. The van der Waals surface area contributed by atoms with Gasteiger partial charge in [0.2, 0.25) is 0 Å². The van der Waals surface area contributed by atoms with E-state index in [1.54, 1.807) is 7.11 Å². The van der Waals surface area contributed by atoms with Crippen molar-refractivity contribution in [2.45, 2.75) is 6.92 Å². The third kappa shape index (κ3) is 4.18. The Bertz CT molecular complexity index is 3210. The number of benzene rings is 9. The Morgan fingerprint density at radius 1 is 0.373 bits per heavy atom. The van der Waals surface area contributed by atoms with E-state index >= 15 is 0 Å². The molecule has 0 saturated heterocycles. The molecule has 0 amide bonds. The van der Waals surface area contributed by atoms with Crippen LogP contribution in [0.2, 0.25) is 0 Å². The fraction of sp³-hybridized carbons (Fsp3) is 0.0417. The van der Waals surface area contributed by atoms with Gasteiger partial charge in [-0.25, -0.2) is 0 Å². The van der Waals surface area contributed by atoms with Crippen molar-refractivity contribution in [2.75, 3.05) is 7.11 Å². The van der Waals surface area contributed by atoms with Crippen LogP contribution in [0.1, 0.15) is 5.56 Å². The van der Waals surface area contributed by atoms with E-state index in [-0.39, 0.29) is 0 Å². The zero-order valence-electron chi connectivity index (χ0n) is 28.1. The van der Waals surface area contributed by atoms with Gasteiger partial charge >= 0.3 is 0 Å². The first kappa shape index (κ1) is 28.3. The summed E-state index contributed by atoms with van der Waals surface area (Å²) in [6.45, 7) is 2.14. The molecule has 11 rings (SSSR count). The highest BCUT2D eigenvalue weighted by molar-refractivity contribution is 6.26. The van der Waals surface area contributed by atoms with Gasteiger partial charge in [0.15, 0.2) is 0 Å². The van der Waals surface area contributed by atoms with E-state index in [2.05, 4.69) is 122 Å². The molecule has 0 saturated carbocycles. The van der Waals surface area contributed by atoms with Gasteiger partial charge in [0.25, 0.3) is 0 Å². The van der Waals surface area contributed by atoms with Gasteiger partial charge in [-0.1, -0.05) is 78.4 Å². The highest BCUT2D eigenvalue weighted by Gasteiger charge is 2.18. The van der Waals surface area contributed by atoms with Crippen LogP contribution < -0.4 is 4.74 Å². The number of rotatable bonds is 3. The fourth-order valence-electron chi connectivity index (χ4n) is 8.22. The first-order valence-electron chi connectivity index (χ1n) is 17.3. The van der Waals surface area contributed by atoms with E-state index in [0.29, 0.717) is 0 Å². The van der Waals surface area contributed by atoms with E-state index < -0.39 is 0 Å². The zero-order chi connectivity index (χ0) is 33.8. The second-order valence-corrected chi connectivity index (χ2v) is 13.7. The Labute approximate surface area is 292 Å². The Kier molecular flexibility index (Phi) is 5.80. The van der Waals surface area contributed by atoms with E-state index in [0.717, 1.165) is 60.6 Å². The molecule has 0 aliphatic heterocycles. The molecule has 3 heteroatoms. The molecule has 240 valence electrons. The standard InChI is InChI=1S/C48H30O3/c1-27-11-13-28(14-12-27)35-19-30-21-38-31(22-37(30)41-25-47-43(23-39(35)41)33-7-3-5-9-45(33)50-47)20-36(29-15-17-32(49-2)18-16-29)40-24-44-34-8-4-6-10-46(34)51-48(44)26-42(38)40/h3-26H,1-2H3. The third-order valence-corrected chi connectivity index (χ3v) is 10.8. The summed E-state index contributed by atoms with van der Waals surface area (Å²) >= 11 is 0. The third-order valence-electron chi connectivity index (χ3n) is 10.8. The lowest BCUT2D eigenvalue weighted by molar-refractivity contribution is 0.415. The number of aryl methyl sites for hydroxylation is 1. The van der Waals surface area contributed by atoms with Crippen LogP contribution in [0.4, 0.5) is 0 Å². The van der Waals surface area contributed by atoms with Crippen molar-refractivity contribution < 1.29 is 13.6 Å².